The van der Waals surface area contributed by atoms with Crippen molar-refractivity contribution < 1.29 is 0 Å². The maximum Gasteiger partial charge on any atom is 0.0385 e. The smallest absolute Gasteiger partial charge is 0.0385 e. The average Bonchev–Trinajstić information content (AvgIpc) is 2.59. The van der Waals surface area contributed by atoms with Crippen LogP contribution in [0.25, 0.3) is 0 Å². The molecule has 2 heterocycles. The molecule has 2 nitrogen and oxygen atoms in total. The van der Waals surface area contributed by atoms with Crippen LogP contribution >= 0.6 is 11.8 Å². The Kier molecular flexibility index (Phi) is 2.74. The van der Waals surface area contributed by atoms with Gasteiger partial charge in [-0.3, -0.25) is 4.90 Å². The third kappa shape index (κ3) is 2.05. The van der Waals surface area contributed by atoms with Crippen LogP contribution in [0.4, 0.5) is 0 Å². The van der Waals surface area contributed by atoms with Crippen LogP contribution in [0.3, 0.4) is 0 Å². The number of aromatic amines is 1. The van der Waals surface area contributed by atoms with Gasteiger partial charge in [-0.25, -0.2) is 0 Å². The summed E-state index contributed by atoms with van der Waals surface area (Å²) in [5, 5.41) is 0. The highest BCUT2D eigenvalue weighted by atomic mass is 32.2. The summed E-state index contributed by atoms with van der Waals surface area (Å²) in [5.41, 5.74) is 1.34. The molecule has 1 aliphatic heterocycles. The summed E-state index contributed by atoms with van der Waals surface area (Å²) in [6.07, 6.45) is 1.99. The molecule has 0 bridgehead atoms. The Morgan fingerprint density at radius 2 is 2.25 bits per heavy atom. The molecule has 66 valence electrons. The van der Waals surface area contributed by atoms with Crippen LogP contribution in [0.2, 0.25) is 0 Å². The van der Waals surface area contributed by atoms with Gasteiger partial charge in [-0.05, 0) is 12.1 Å². The molecule has 0 spiro atoms. The van der Waals surface area contributed by atoms with Gasteiger partial charge < -0.3 is 4.98 Å². The molecular formula is C9H14N2S. The largest absolute Gasteiger partial charge is 0.364 e. The van der Waals surface area contributed by atoms with Gasteiger partial charge in [0.05, 0.1) is 0 Å². The topological polar surface area (TPSA) is 19.0 Å². The van der Waals surface area contributed by atoms with E-state index in [1.165, 1.54) is 30.3 Å². The quantitative estimate of drug-likeness (QED) is 0.748. The molecule has 1 fully saturated rings. The summed E-state index contributed by atoms with van der Waals surface area (Å²) in [6.45, 7) is 3.57. The van der Waals surface area contributed by atoms with Gasteiger partial charge in [-0.2, -0.15) is 11.8 Å². The summed E-state index contributed by atoms with van der Waals surface area (Å²) >= 11 is 2.06. The first-order valence-electron chi connectivity index (χ1n) is 4.37. The van der Waals surface area contributed by atoms with Gasteiger partial charge in [0, 0.05) is 43.0 Å². The van der Waals surface area contributed by atoms with E-state index in [1.54, 1.807) is 0 Å². The van der Waals surface area contributed by atoms with Gasteiger partial charge in [0.1, 0.15) is 0 Å². The van der Waals surface area contributed by atoms with Crippen LogP contribution < -0.4 is 0 Å². The van der Waals surface area contributed by atoms with Crippen molar-refractivity contribution >= 4 is 11.8 Å². The molecule has 0 radical (unpaired) electrons. The van der Waals surface area contributed by atoms with E-state index in [9.17, 15) is 0 Å². The summed E-state index contributed by atoms with van der Waals surface area (Å²) in [6, 6.07) is 4.22. The van der Waals surface area contributed by atoms with E-state index in [0.29, 0.717) is 0 Å². The third-order valence-electron chi connectivity index (χ3n) is 2.16. The Hall–Kier alpha value is -0.410. The fourth-order valence-electron chi connectivity index (χ4n) is 1.47. The Morgan fingerprint density at radius 3 is 2.92 bits per heavy atom. The summed E-state index contributed by atoms with van der Waals surface area (Å²) in [4.78, 5) is 5.74. The average molecular weight is 182 g/mol. The SMILES string of the molecule is c1c[nH]c(CN2CCSCC2)c1. The second-order valence-corrected chi connectivity index (χ2v) is 4.31. The highest BCUT2D eigenvalue weighted by Gasteiger charge is 2.10. The van der Waals surface area contributed by atoms with Crippen LogP contribution in [0.1, 0.15) is 5.69 Å². The second kappa shape index (κ2) is 4.01. The molecule has 0 atom stereocenters. The molecule has 0 aliphatic carbocycles. The molecule has 2 rings (SSSR count). The Bertz CT molecular complexity index is 214. The van der Waals surface area contributed by atoms with E-state index < -0.39 is 0 Å². The lowest BCUT2D eigenvalue weighted by atomic mass is 10.4. The fourth-order valence-corrected chi connectivity index (χ4v) is 2.44. The molecule has 0 amide bonds. The van der Waals surface area contributed by atoms with Crippen molar-refractivity contribution in [2.24, 2.45) is 0 Å². The zero-order valence-corrected chi connectivity index (χ0v) is 7.94. The summed E-state index contributed by atoms with van der Waals surface area (Å²) < 4.78 is 0. The maximum atomic E-state index is 3.24. The lowest BCUT2D eigenvalue weighted by Gasteiger charge is -2.25. The van der Waals surface area contributed by atoms with Crippen molar-refractivity contribution in [3.8, 4) is 0 Å². The predicted octanol–water partition coefficient (Wildman–Crippen LogP) is 1.56. The van der Waals surface area contributed by atoms with E-state index in [1.807, 2.05) is 6.20 Å². The predicted molar refractivity (Wildman–Crippen MR) is 53.4 cm³/mol. The maximum absolute atomic E-state index is 3.24. The van der Waals surface area contributed by atoms with Gasteiger partial charge in [-0.1, -0.05) is 0 Å². The Balaban J connectivity index is 1.86. The van der Waals surface area contributed by atoms with Gasteiger partial charge in [-0.15, -0.1) is 0 Å². The number of thioether (sulfide) groups is 1. The normalized spacial score (nSPS) is 19.7. The first-order chi connectivity index (χ1) is 5.95. The van der Waals surface area contributed by atoms with Crippen LogP contribution in [0.5, 0.6) is 0 Å². The van der Waals surface area contributed by atoms with Crippen molar-refractivity contribution in [1.82, 2.24) is 9.88 Å². The van der Waals surface area contributed by atoms with Crippen molar-refractivity contribution in [3.63, 3.8) is 0 Å². The molecule has 1 aromatic rings. The molecule has 1 N–H and O–H groups in total. The Morgan fingerprint density at radius 1 is 1.42 bits per heavy atom. The van der Waals surface area contributed by atoms with Crippen LogP contribution in [0.15, 0.2) is 18.3 Å². The number of nitrogens with one attached hydrogen (secondary N) is 1. The number of nitrogens with zero attached hydrogens (tertiary/aromatic N) is 1. The molecule has 0 aromatic carbocycles. The third-order valence-corrected chi connectivity index (χ3v) is 3.10. The standard InChI is InChI=1S/C9H14N2S/c1-2-9(10-3-1)8-11-4-6-12-7-5-11/h1-3,10H,4-8H2. The molecule has 1 saturated heterocycles. The van der Waals surface area contributed by atoms with Crippen LogP contribution in [-0.4, -0.2) is 34.5 Å². The number of hydrogen-bond donors (Lipinski definition) is 1. The minimum atomic E-state index is 1.09. The molecule has 1 aromatic heterocycles. The monoisotopic (exact) mass is 182 g/mol. The van der Waals surface area contributed by atoms with Gasteiger partial charge in [0.15, 0.2) is 0 Å². The summed E-state index contributed by atoms with van der Waals surface area (Å²) in [7, 11) is 0. The van der Waals surface area contributed by atoms with Crippen molar-refractivity contribution in [3.05, 3.63) is 24.0 Å². The fraction of sp³-hybridized carbons (Fsp3) is 0.556. The first-order valence-corrected chi connectivity index (χ1v) is 5.53. The van der Waals surface area contributed by atoms with E-state index in [-0.39, 0.29) is 0 Å². The highest BCUT2D eigenvalue weighted by Crippen LogP contribution is 2.11. The van der Waals surface area contributed by atoms with Crippen molar-refractivity contribution in [1.29, 1.82) is 0 Å². The molecule has 0 saturated carbocycles. The summed E-state index contributed by atoms with van der Waals surface area (Å²) in [5.74, 6) is 2.58. The van der Waals surface area contributed by atoms with Gasteiger partial charge in [0.2, 0.25) is 0 Å². The van der Waals surface area contributed by atoms with Crippen molar-refractivity contribution in [2.45, 2.75) is 6.54 Å². The van der Waals surface area contributed by atoms with Gasteiger partial charge in [0.25, 0.3) is 0 Å². The zero-order chi connectivity index (χ0) is 8.23. The minimum Gasteiger partial charge on any atom is -0.364 e. The number of aromatic nitrogens is 1. The van der Waals surface area contributed by atoms with E-state index in [4.69, 9.17) is 0 Å². The first kappa shape index (κ1) is 8.20. The number of rotatable bonds is 2. The lowest BCUT2D eigenvalue weighted by molar-refractivity contribution is 0.291. The van der Waals surface area contributed by atoms with E-state index in [0.717, 1.165) is 6.54 Å². The van der Waals surface area contributed by atoms with Crippen LogP contribution in [0, 0.1) is 0 Å². The molecule has 1 aliphatic rings. The number of hydrogen-bond acceptors (Lipinski definition) is 2. The highest BCUT2D eigenvalue weighted by molar-refractivity contribution is 7.99. The molecular weight excluding hydrogens is 168 g/mol. The molecule has 0 unspecified atom stereocenters. The lowest BCUT2D eigenvalue weighted by Crippen LogP contribution is -2.32. The van der Waals surface area contributed by atoms with E-state index >= 15 is 0 Å². The molecule has 12 heavy (non-hydrogen) atoms. The van der Waals surface area contributed by atoms with Gasteiger partial charge >= 0.3 is 0 Å². The Labute approximate surface area is 77.3 Å². The minimum absolute atomic E-state index is 1.09. The van der Waals surface area contributed by atoms with Crippen molar-refractivity contribution in [2.75, 3.05) is 24.6 Å². The number of H-pyrrole nitrogens is 1. The van der Waals surface area contributed by atoms with Crippen LogP contribution in [-0.2, 0) is 6.54 Å². The molecule has 3 heteroatoms. The van der Waals surface area contributed by atoms with E-state index in [2.05, 4.69) is 33.8 Å². The zero-order valence-electron chi connectivity index (χ0n) is 7.12. The second-order valence-electron chi connectivity index (χ2n) is 3.08.